The number of carbonyl (C=O) groups excluding carboxylic acids is 1. The molecule has 3 aromatic rings. The lowest BCUT2D eigenvalue weighted by atomic mass is 10.0. The first-order valence-electron chi connectivity index (χ1n) is 6.35. The van der Waals surface area contributed by atoms with Gasteiger partial charge in [0, 0.05) is 32.7 Å². The number of nitrogens with two attached hydrogens (primary N) is 1. The van der Waals surface area contributed by atoms with Crippen LogP contribution in [0.25, 0.3) is 10.9 Å². The summed E-state index contributed by atoms with van der Waals surface area (Å²) in [4.78, 5) is 15.8. The van der Waals surface area contributed by atoms with Crippen molar-refractivity contribution in [1.29, 1.82) is 0 Å². The molecule has 1 aromatic heterocycles. The summed E-state index contributed by atoms with van der Waals surface area (Å²) in [6.07, 6.45) is 1.72. The summed E-state index contributed by atoms with van der Waals surface area (Å²) in [7, 11) is 1.55. The van der Waals surface area contributed by atoms with E-state index in [4.69, 9.17) is 10.5 Å². The van der Waals surface area contributed by atoms with Gasteiger partial charge in [0.15, 0.2) is 5.78 Å². The number of aromatic amines is 1. The molecule has 2 aromatic carbocycles. The van der Waals surface area contributed by atoms with E-state index in [1.165, 1.54) is 0 Å². The number of carbonyl (C=O) groups is 1. The second-order valence-electron chi connectivity index (χ2n) is 4.68. The van der Waals surface area contributed by atoms with Crippen LogP contribution in [0.1, 0.15) is 15.9 Å². The molecule has 0 aliphatic rings. The number of aromatic nitrogens is 1. The van der Waals surface area contributed by atoms with Gasteiger partial charge in [-0.1, -0.05) is 15.9 Å². The average molecular weight is 345 g/mol. The standard InChI is InChI=1S/C16H13BrN2O2/c1-21-15-5-2-9(6-13(15)18)16(20)12-8-19-14-4-3-10(17)7-11(12)14/h2-8,19H,18H2,1H3. The zero-order valence-corrected chi connectivity index (χ0v) is 12.9. The molecule has 21 heavy (non-hydrogen) atoms. The minimum Gasteiger partial charge on any atom is -0.495 e. The van der Waals surface area contributed by atoms with E-state index in [9.17, 15) is 4.79 Å². The van der Waals surface area contributed by atoms with Crippen LogP contribution in [0.5, 0.6) is 5.75 Å². The maximum Gasteiger partial charge on any atom is 0.195 e. The first-order valence-corrected chi connectivity index (χ1v) is 7.14. The zero-order chi connectivity index (χ0) is 15.0. The number of methoxy groups -OCH3 is 1. The van der Waals surface area contributed by atoms with Gasteiger partial charge in [0.25, 0.3) is 0 Å². The van der Waals surface area contributed by atoms with Gasteiger partial charge in [-0.3, -0.25) is 4.79 Å². The number of benzene rings is 2. The Balaban J connectivity index is 2.08. The van der Waals surface area contributed by atoms with E-state index in [1.54, 1.807) is 31.5 Å². The SMILES string of the molecule is COc1ccc(C(=O)c2c[nH]c3ccc(Br)cc23)cc1N. The summed E-state index contributed by atoms with van der Waals surface area (Å²) in [6.45, 7) is 0. The van der Waals surface area contributed by atoms with Gasteiger partial charge in [0.05, 0.1) is 12.8 Å². The Kier molecular flexibility index (Phi) is 3.43. The molecule has 0 bridgehead atoms. The Morgan fingerprint density at radius 2 is 2.05 bits per heavy atom. The summed E-state index contributed by atoms with van der Waals surface area (Å²) in [5.74, 6) is 0.488. The molecule has 0 unspecified atom stereocenters. The van der Waals surface area contributed by atoms with Crippen LogP contribution < -0.4 is 10.5 Å². The number of nitrogen functional groups attached to an aromatic ring is 1. The van der Waals surface area contributed by atoms with Crippen molar-refractivity contribution in [3.05, 3.63) is 58.2 Å². The number of anilines is 1. The van der Waals surface area contributed by atoms with Crippen molar-refractivity contribution in [2.24, 2.45) is 0 Å². The molecule has 0 spiro atoms. The van der Waals surface area contributed by atoms with Gasteiger partial charge in [-0.15, -0.1) is 0 Å². The van der Waals surface area contributed by atoms with Gasteiger partial charge in [0.2, 0.25) is 0 Å². The number of halogens is 1. The van der Waals surface area contributed by atoms with Crippen molar-refractivity contribution in [2.75, 3.05) is 12.8 Å². The second kappa shape index (κ2) is 5.26. The Hall–Kier alpha value is -2.27. The largest absolute Gasteiger partial charge is 0.495 e. The highest BCUT2D eigenvalue weighted by Crippen LogP contribution is 2.27. The summed E-state index contributed by atoms with van der Waals surface area (Å²) < 4.78 is 6.04. The fourth-order valence-electron chi connectivity index (χ4n) is 2.31. The minimum atomic E-state index is -0.0753. The third-order valence-corrected chi connectivity index (χ3v) is 3.87. The number of rotatable bonds is 3. The van der Waals surface area contributed by atoms with E-state index in [0.717, 1.165) is 15.4 Å². The fourth-order valence-corrected chi connectivity index (χ4v) is 2.67. The van der Waals surface area contributed by atoms with Crippen molar-refractivity contribution in [1.82, 2.24) is 4.98 Å². The molecule has 1 heterocycles. The number of hydrogen-bond donors (Lipinski definition) is 2. The second-order valence-corrected chi connectivity index (χ2v) is 5.59. The Morgan fingerprint density at radius 3 is 2.76 bits per heavy atom. The number of hydrogen-bond acceptors (Lipinski definition) is 3. The van der Waals surface area contributed by atoms with Crippen LogP contribution in [0.15, 0.2) is 47.1 Å². The normalized spacial score (nSPS) is 10.8. The molecule has 0 fully saturated rings. The van der Waals surface area contributed by atoms with E-state index in [1.807, 2.05) is 18.2 Å². The van der Waals surface area contributed by atoms with Gasteiger partial charge in [-0.2, -0.15) is 0 Å². The van der Waals surface area contributed by atoms with Crippen molar-refractivity contribution >= 4 is 38.3 Å². The van der Waals surface area contributed by atoms with Gasteiger partial charge < -0.3 is 15.5 Å². The first kappa shape index (κ1) is 13.7. The molecular formula is C16H13BrN2O2. The lowest BCUT2D eigenvalue weighted by Gasteiger charge is -2.06. The first-order chi connectivity index (χ1) is 10.1. The summed E-state index contributed by atoms with van der Waals surface area (Å²) >= 11 is 3.43. The van der Waals surface area contributed by atoms with E-state index >= 15 is 0 Å². The summed E-state index contributed by atoms with van der Waals surface area (Å²) in [5, 5.41) is 0.878. The highest BCUT2D eigenvalue weighted by molar-refractivity contribution is 9.10. The molecule has 0 saturated carbocycles. The minimum absolute atomic E-state index is 0.0753. The van der Waals surface area contributed by atoms with E-state index in [2.05, 4.69) is 20.9 Å². The van der Waals surface area contributed by atoms with Crippen molar-refractivity contribution in [3.63, 3.8) is 0 Å². The number of nitrogens with one attached hydrogen (secondary N) is 1. The molecule has 4 nitrogen and oxygen atoms in total. The zero-order valence-electron chi connectivity index (χ0n) is 11.3. The molecule has 0 aliphatic carbocycles. The van der Waals surface area contributed by atoms with Gasteiger partial charge in [-0.05, 0) is 36.4 Å². The maximum atomic E-state index is 12.7. The molecule has 3 rings (SSSR count). The Labute approximate surface area is 130 Å². The third kappa shape index (κ3) is 2.40. The summed E-state index contributed by atoms with van der Waals surface area (Å²) in [5.41, 5.74) is 8.39. The van der Waals surface area contributed by atoms with Gasteiger partial charge >= 0.3 is 0 Å². The van der Waals surface area contributed by atoms with Crippen LogP contribution in [0.3, 0.4) is 0 Å². The van der Waals surface area contributed by atoms with Crippen LogP contribution >= 0.6 is 15.9 Å². The number of fused-ring (bicyclic) bond motifs is 1. The van der Waals surface area contributed by atoms with Crippen LogP contribution in [0.4, 0.5) is 5.69 Å². The average Bonchev–Trinajstić information content (AvgIpc) is 2.89. The third-order valence-electron chi connectivity index (χ3n) is 3.38. The molecule has 5 heteroatoms. The van der Waals surface area contributed by atoms with Crippen molar-refractivity contribution in [3.8, 4) is 5.75 Å². The van der Waals surface area contributed by atoms with E-state index in [-0.39, 0.29) is 5.78 Å². The molecule has 0 amide bonds. The predicted octanol–water partition coefficient (Wildman–Crippen LogP) is 3.75. The number of ketones is 1. The topological polar surface area (TPSA) is 68.1 Å². The van der Waals surface area contributed by atoms with E-state index in [0.29, 0.717) is 22.6 Å². The molecule has 0 saturated heterocycles. The Bertz CT molecular complexity index is 839. The van der Waals surface area contributed by atoms with Crippen molar-refractivity contribution < 1.29 is 9.53 Å². The molecule has 106 valence electrons. The van der Waals surface area contributed by atoms with Gasteiger partial charge in [-0.25, -0.2) is 0 Å². The molecule has 0 radical (unpaired) electrons. The highest BCUT2D eigenvalue weighted by atomic mass is 79.9. The van der Waals surface area contributed by atoms with Crippen LogP contribution in [0.2, 0.25) is 0 Å². The van der Waals surface area contributed by atoms with Gasteiger partial charge in [0.1, 0.15) is 5.75 Å². The van der Waals surface area contributed by atoms with Crippen LogP contribution in [-0.4, -0.2) is 17.9 Å². The number of ether oxygens (including phenoxy) is 1. The van der Waals surface area contributed by atoms with Crippen LogP contribution in [-0.2, 0) is 0 Å². The fraction of sp³-hybridized carbons (Fsp3) is 0.0625. The highest BCUT2D eigenvalue weighted by Gasteiger charge is 2.15. The number of H-pyrrole nitrogens is 1. The van der Waals surface area contributed by atoms with E-state index < -0.39 is 0 Å². The lowest BCUT2D eigenvalue weighted by Crippen LogP contribution is -2.02. The smallest absolute Gasteiger partial charge is 0.195 e. The van der Waals surface area contributed by atoms with Crippen LogP contribution in [0, 0.1) is 0 Å². The molecule has 3 N–H and O–H groups in total. The Morgan fingerprint density at radius 1 is 1.24 bits per heavy atom. The van der Waals surface area contributed by atoms with Crippen molar-refractivity contribution in [2.45, 2.75) is 0 Å². The molecule has 0 atom stereocenters. The quantitative estimate of drug-likeness (QED) is 0.561. The molecule has 0 aliphatic heterocycles. The predicted molar refractivity (Wildman–Crippen MR) is 86.8 cm³/mol. The summed E-state index contributed by atoms with van der Waals surface area (Å²) in [6, 6.07) is 10.8. The lowest BCUT2D eigenvalue weighted by molar-refractivity contribution is 0.104. The maximum absolute atomic E-state index is 12.7. The monoisotopic (exact) mass is 344 g/mol. The molecular weight excluding hydrogens is 332 g/mol.